The number of carbonyl (C=O) groups excluding carboxylic acids is 2. The van der Waals surface area contributed by atoms with Gasteiger partial charge in [-0.05, 0) is 12.8 Å². The third kappa shape index (κ3) is 7.07. The second-order valence-corrected chi connectivity index (χ2v) is 6.43. The Bertz CT molecular complexity index is 470. The number of nitrogens with zero attached hydrogens (tertiary/aromatic N) is 2. The van der Waals surface area contributed by atoms with Crippen molar-refractivity contribution in [1.82, 2.24) is 10.2 Å². The lowest BCUT2D eigenvalue weighted by Gasteiger charge is -2.13. The van der Waals surface area contributed by atoms with Crippen LogP contribution < -0.4 is 11.1 Å². The zero-order chi connectivity index (χ0) is 15.1. The molecule has 0 unspecified atom stereocenters. The molecule has 0 radical (unpaired) electrons. The number of esters is 1. The first-order chi connectivity index (χ1) is 9.43. The summed E-state index contributed by atoms with van der Waals surface area (Å²) >= 11 is 2.41. The first-order valence-electron chi connectivity index (χ1n) is 6.12. The normalized spacial score (nSPS) is 11.7. The van der Waals surface area contributed by atoms with E-state index in [0.717, 1.165) is 0 Å². The van der Waals surface area contributed by atoms with Crippen LogP contribution in [0.5, 0.6) is 0 Å². The fraction of sp³-hybridized carbons (Fsp3) is 0.636. The molecule has 1 amide bonds. The molecule has 0 saturated heterocycles. The minimum absolute atomic E-state index is 0. The Morgan fingerprint density at radius 2 is 2.10 bits per heavy atom. The van der Waals surface area contributed by atoms with Gasteiger partial charge in [-0.15, -0.1) is 22.6 Å². The van der Waals surface area contributed by atoms with Gasteiger partial charge in [0, 0.05) is 0 Å². The molecule has 0 aliphatic carbocycles. The van der Waals surface area contributed by atoms with Gasteiger partial charge in [0.15, 0.2) is 4.34 Å². The van der Waals surface area contributed by atoms with Gasteiger partial charge in [0.05, 0.1) is 18.4 Å². The van der Waals surface area contributed by atoms with Crippen molar-refractivity contribution >= 4 is 52.5 Å². The molecule has 1 atom stereocenters. The Hall–Kier alpha value is -0.900. The molecule has 1 aromatic heterocycles. The topological polar surface area (TPSA) is 107 Å². The van der Waals surface area contributed by atoms with Crippen LogP contribution in [-0.4, -0.2) is 40.5 Å². The van der Waals surface area contributed by atoms with Crippen LogP contribution in [0.1, 0.15) is 20.8 Å². The van der Waals surface area contributed by atoms with E-state index < -0.39 is 6.04 Å². The molecule has 0 fully saturated rings. The van der Waals surface area contributed by atoms with E-state index in [9.17, 15) is 9.59 Å². The van der Waals surface area contributed by atoms with Crippen molar-refractivity contribution in [2.45, 2.75) is 31.2 Å². The molecule has 0 spiro atoms. The monoisotopic (exact) mass is 354 g/mol. The molecule has 1 rings (SSSR count). The molecule has 0 aliphatic rings. The van der Waals surface area contributed by atoms with Crippen LogP contribution in [0.15, 0.2) is 4.34 Å². The number of carbonyl (C=O) groups is 2. The number of hydrogen-bond donors (Lipinski definition) is 2. The number of nitrogens with two attached hydrogens (primary N) is 1. The SMILES string of the molecule is CCOC(=O)CSc1nnc(NC(=O)[C@@H](N)C(C)C)s1.Cl. The van der Waals surface area contributed by atoms with Crippen LogP contribution >= 0.6 is 35.5 Å². The number of thioether (sulfide) groups is 1. The third-order valence-corrected chi connectivity index (χ3v) is 4.22. The largest absolute Gasteiger partial charge is 0.465 e. The lowest BCUT2D eigenvalue weighted by Crippen LogP contribution is -2.39. The smallest absolute Gasteiger partial charge is 0.316 e. The van der Waals surface area contributed by atoms with Gasteiger partial charge in [-0.3, -0.25) is 14.9 Å². The van der Waals surface area contributed by atoms with Gasteiger partial charge in [0.25, 0.3) is 0 Å². The highest BCUT2D eigenvalue weighted by atomic mass is 35.5. The van der Waals surface area contributed by atoms with Crippen molar-refractivity contribution in [3.05, 3.63) is 0 Å². The number of nitrogens with one attached hydrogen (secondary N) is 1. The summed E-state index contributed by atoms with van der Waals surface area (Å²) in [7, 11) is 0. The highest BCUT2D eigenvalue weighted by Crippen LogP contribution is 2.25. The van der Waals surface area contributed by atoms with Crippen molar-refractivity contribution in [3.8, 4) is 0 Å². The molecule has 120 valence electrons. The number of hydrogen-bond acceptors (Lipinski definition) is 8. The fourth-order valence-electron chi connectivity index (χ4n) is 1.13. The number of amides is 1. The van der Waals surface area contributed by atoms with Gasteiger partial charge in [0.2, 0.25) is 11.0 Å². The Kier molecular flexibility index (Phi) is 9.51. The summed E-state index contributed by atoms with van der Waals surface area (Å²) in [6.45, 7) is 5.83. The summed E-state index contributed by atoms with van der Waals surface area (Å²) in [4.78, 5) is 22.9. The minimum atomic E-state index is -0.588. The average Bonchev–Trinajstić information content (AvgIpc) is 2.83. The van der Waals surface area contributed by atoms with Crippen molar-refractivity contribution in [2.75, 3.05) is 17.7 Å². The molecule has 1 heterocycles. The zero-order valence-electron chi connectivity index (χ0n) is 12.0. The summed E-state index contributed by atoms with van der Waals surface area (Å²) in [6, 6.07) is -0.588. The van der Waals surface area contributed by atoms with E-state index in [1.165, 1.54) is 23.1 Å². The molecule has 7 nitrogen and oxygen atoms in total. The van der Waals surface area contributed by atoms with Crippen LogP contribution in [0.4, 0.5) is 5.13 Å². The number of anilines is 1. The fourth-order valence-corrected chi connectivity index (χ4v) is 2.69. The van der Waals surface area contributed by atoms with Crippen molar-refractivity contribution < 1.29 is 14.3 Å². The molecule has 10 heteroatoms. The van der Waals surface area contributed by atoms with E-state index in [1.54, 1.807) is 6.92 Å². The molecule has 21 heavy (non-hydrogen) atoms. The molecular formula is C11H19ClN4O3S2. The summed E-state index contributed by atoms with van der Waals surface area (Å²) in [5.41, 5.74) is 5.72. The second kappa shape index (κ2) is 9.93. The molecule has 0 aromatic carbocycles. The summed E-state index contributed by atoms with van der Waals surface area (Å²) in [5, 5.41) is 10.7. The van der Waals surface area contributed by atoms with Crippen molar-refractivity contribution in [3.63, 3.8) is 0 Å². The Morgan fingerprint density at radius 1 is 1.43 bits per heavy atom. The lowest BCUT2D eigenvalue weighted by molar-refractivity contribution is -0.139. The maximum Gasteiger partial charge on any atom is 0.316 e. The van der Waals surface area contributed by atoms with Crippen LogP contribution in [0.3, 0.4) is 0 Å². The van der Waals surface area contributed by atoms with Crippen molar-refractivity contribution in [2.24, 2.45) is 11.7 Å². The molecule has 0 aliphatic heterocycles. The van der Waals surface area contributed by atoms with Gasteiger partial charge >= 0.3 is 5.97 Å². The molecular weight excluding hydrogens is 336 g/mol. The predicted molar refractivity (Wildman–Crippen MR) is 86.0 cm³/mol. The van der Waals surface area contributed by atoms with E-state index in [2.05, 4.69) is 15.5 Å². The Balaban J connectivity index is 0.00000400. The van der Waals surface area contributed by atoms with E-state index in [4.69, 9.17) is 10.5 Å². The molecule has 1 aromatic rings. The number of ether oxygens (including phenoxy) is 1. The highest BCUT2D eigenvalue weighted by molar-refractivity contribution is 8.01. The van der Waals surface area contributed by atoms with Crippen LogP contribution in [-0.2, 0) is 14.3 Å². The summed E-state index contributed by atoms with van der Waals surface area (Å²) in [5.74, 6) is -0.388. The minimum Gasteiger partial charge on any atom is -0.465 e. The van der Waals surface area contributed by atoms with E-state index in [-0.39, 0.29) is 36.0 Å². The summed E-state index contributed by atoms with van der Waals surface area (Å²) in [6.07, 6.45) is 0. The van der Waals surface area contributed by atoms with Gasteiger partial charge in [-0.1, -0.05) is 36.9 Å². The lowest BCUT2D eigenvalue weighted by atomic mass is 10.1. The van der Waals surface area contributed by atoms with Gasteiger partial charge in [-0.2, -0.15) is 0 Å². The molecule has 3 N–H and O–H groups in total. The van der Waals surface area contributed by atoms with E-state index in [1.807, 2.05) is 13.8 Å². The standard InChI is InChI=1S/C11H18N4O3S2.ClH/c1-4-18-7(16)5-19-11-15-14-10(20-11)13-9(17)8(12)6(2)3;/h6,8H,4-5,12H2,1-3H3,(H,13,14,17);1H/t8-;/m0./s1. The van der Waals surface area contributed by atoms with Crippen LogP contribution in [0, 0.1) is 5.92 Å². The highest BCUT2D eigenvalue weighted by Gasteiger charge is 2.19. The third-order valence-electron chi connectivity index (χ3n) is 2.28. The van der Waals surface area contributed by atoms with Crippen molar-refractivity contribution in [1.29, 1.82) is 0 Å². The van der Waals surface area contributed by atoms with Crippen LogP contribution in [0.25, 0.3) is 0 Å². The van der Waals surface area contributed by atoms with Gasteiger partial charge in [-0.25, -0.2) is 0 Å². The maximum atomic E-state index is 11.7. The van der Waals surface area contributed by atoms with E-state index >= 15 is 0 Å². The zero-order valence-corrected chi connectivity index (χ0v) is 14.4. The summed E-state index contributed by atoms with van der Waals surface area (Å²) < 4.78 is 5.39. The Morgan fingerprint density at radius 3 is 2.67 bits per heavy atom. The average molecular weight is 355 g/mol. The predicted octanol–water partition coefficient (Wildman–Crippen LogP) is 1.54. The molecule has 0 bridgehead atoms. The quantitative estimate of drug-likeness (QED) is 0.434. The van der Waals surface area contributed by atoms with E-state index in [0.29, 0.717) is 16.1 Å². The maximum absolute atomic E-state index is 11.7. The molecule has 0 saturated carbocycles. The second-order valence-electron chi connectivity index (χ2n) is 4.23. The first kappa shape index (κ1) is 20.1. The first-order valence-corrected chi connectivity index (χ1v) is 7.92. The number of halogens is 1. The van der Waals surface area contributed by atoms with Gasteiger partial charge in [0.1, 0.15) is 0 Å². The number of aromatic nitrogens is 2. The number of rotatable bonds is 7. The van der Waals surface area contributed by atoms with Gasteiger partial charge < -0.3 is 10.5 Å². The van der Waals surface area contributed by atoms with Crippen LogP contribution in [0.2, 0.25) is 0 Å². The Labute approximate surface area is 137 Å².